The summed E-state index contributed by atoms with van der Waals surface area (Å²) in [5, 5.41) is 4.35. The zero-order chi connectivity index (χ0) is 21.8. The van der Waals surface area contributed by atoms with E-state index in [1.807, 2.05) is 54.6 Å². The lowest BCUT2D eigenvalue weighted by atomic mass is 10.1. The first-order valence-electron chi connectivity index (χ1n) is 9.25. The Kier molecular flexibility index (Phi) is 6.39. The third-order valence-corrected chi connectivity index (χ3v) is 5.45. The lowest BCUT2D eigenvalue weighted by Gasteiger charge is -2.06. The van der Waals surface area contributed by atoms with Crippen molar-refractivity contribution in [3.05, 3.63) is 99.2 Å². The monoisotopic (exact) mass is 539 g/mol. The molecule has 0 amide bonds. The maximum absolute atomic E-state index is 12.6. The van der Waals surface area contributed by atoms with Crippen molar-refractivity contribution in [3.63, 3.8) is 0 Å². The molecule has 4 aromatic rings. The van der Waals surface area contributed by atoms with Crippen molar-refractivity contribution in [3.8, 4) is 17.1 Å². The van der Waals surface area contributed by atoms with Crippen molar-refractivity contribution in [1.82, 2.24) is 14.8 Å². The molecule has 0 spiro atoms. The Labute approximate surface area is 195 Å². The quantitative estimate of drug-likeness (QED) is 0.238. The number of ketones is 1. The van der Waals surface area contributed by atoms with Gasteiger partial charge >= 0.3 is 5.97 Å². The number of Topliss-reactive ketones (excluding diaryl/α,β-unsaturated/α-hetero) is 1. The van der Waals surface area contributed by atoms with E-state index in [1.165, 1.54) is 0 Å². The molecular formula is C23H15Br2N3O3. The Hall–Kier alpha value is -3.10. The van der Waals surface area contributed by atoms with Crippen LogP contribution in [0.3, 0.4) is 0 Å². The third kappa shape index (κ3) is 4.98. The summed E-state index contributed by atoms with van der Waals surface area (Å²) in [7, 11) is 0. The number of ether oxygens (including phenoxy) is 1. The van der Waals surface area contributed by atoms with E-state index in [0.29, 0.717) is 11.4 Å². The average Bonchev–Trinajstić information content (AvgIpc) is 3.24. The lowest BCUT2D eigenvalue weighted by Crippen LogP contribution is -2.15. The fourth-order valence-electron chi connectivity index (χ4n) is 2.85. The highest BCUT2D eigenvalue weighted by molar-refractivity contribution is 9.10. The molecule has 31 heavy (non-hydrogen) atoms. The highest BCUT2D eigenvalue weighted by Gasteiger charge is 2.21. The molecule has 0 atom stereocenters. The van der Waals surface area contributed by atoms with Gasteiger partial charge < -0.3 is 4.74 Å². The fourth-order valence-corrected chi connectivity index (χ4v) is 3.38. The first-order valence-corrected chi connectivity index (χ1v) is 10.8. The largest absolute Gasteiger partial charge is 0.451 e. The molecule has 0 radical (unpaired) electrons. The molecule has 0 aliphatic carbocycles. The molecule has 0 saturated carbocycles. The van der Waals surface area contributed by atoms with Crippen LogP contribution in [-0.4, -0.2) is 33.1 Å². The van der Waals surface area contributed by atoms with Crippen LogP contribution in [0.4, 0.5) is 0 Å². The highest BCUT2D eigenvalue weighted by atomic mass is 79.9. The molecule has 1 aromatic heterocycles. The number of esters is 1. The zero-order valence-electron chi connectivity index (χ0n) is 16.0. The molecule has 3 aromatic carbocycles. The molecule has 0 bridgehead atoms. The molecule has 4 rings (SSSR count). The molecule has 154 valence electrons. The van der Waals surface area contributed by atoms with Gasteiger partial charge in [0.2, 0.25) is 0 Å². The Morgan fingerprint density at radius 1 is 0.839 bits per heavy atom. The van der Waals surface area contributed by atoms with Gasteiger partial charge in [0, 0.05) is 20.1 Å². The van der Waals surface area contributed by atoms with Crippen LogP contribution in [-0.2, 0) is 4.74 Å². The molecule has 0 saturated heterocycles. The minimum absolute atomic E-state index is 0.123. The summed E-state index contributed by atoms with van der Waals surface area (Å²) in [4.78, 5) is 29.2. The minimum atomic E-state index is -0.765. The summed E-state index contributed by atoms with van der Waals surface area (Å²) in [5.41, 5.74) is 1.98. The van der Waals surface area contributed by atoms with Gasteiger partial charge in [0.15, 0.2) is 18.2 Å². The van der Waals surface area contributed by atoms with Crippen molar-refractivity contribution in [2.24, 2.45) is 0 Å². The number of carbonyl (C=O) groups is 2. The van der Waals surface area contributed by atoms with E-state index in [2.05, 4.69) is 41.9 Å². The first kappa shape index (κ1) is 21.1. The van der Waals surface area contributed by atoms with Crippen LogP contribution < -0.4 is 0 Å². The summed E-state index contributed by atoms with van der Waals surface area (Å²) in [6.07, 6.45) is 0. The van der Waals surface area contributed by atoms with Crippen molar-refractivity contribution < 1.29 is 14.3 Å². The normalized spacial score (nSPS) is 10.6. The third-order valence-electron chi connectivity index (χ3n) is 4.39. The predicted molar refractivity (Wildman–Crippen MR) is 123 cm³/mol. The fraction of sp³-hybridized carbons (Fsp3) is 0.0435. The van der Waals surface area contributed by atoms with Gasteiger partial charge in [-0.25, -0.2) is 14.5 Å². The van der Waals surface area contributed by atoms with E-state index < -0.39 is 5.97 Å². The Morgan fingerprint density at radius 3 is 2.10 bits per heavy atom. The molecule has 0 fully saturated rings. The van der Waals surface area contributed by atoms with Gasteiger partial charge in [0.05, 0.1) is 5.69 Å². The van der Waals surface area contributed by atoms with Crippen LogP contribution in [0.5, 0.6) is 0 Å². The van der Waals surface area contributed by atoms with Gasteiger partial charge in [-0.2, -0.15) is 0 Å². The minimum Gasteiger partial charge on any atom is -0.451 e. The van der Waals surface area contributed by atoms with E-state index >= 15 is 0 Å². The molecule has 1 heterocycles. The number of hydrogen-bond acceptors (Lipinski definition) is 5. The molecule has 8 heteroatoms. The maximum Gasteiger partial charge on any atom is 0.378 e. The van der Waals surface area contributed by atoms with Gasteiger partial charge in [-0.3, -0.25) is 4.79 Å². The van der Waals surface area contributed by atoms with E-state index in [9.17, 15) is 9.59 Å². The number of rotatable bonds is 6. The van der Waals surface area contributed by atoms with Gasteiger partial charge in [-0.05, 0) is 36.4 Å². The summed E-state index contributed by atoms with van der Waals surface area (Å²) >= 11 is 6.83. The molecule has 0 aliphatic heterocycles. The SMILES string of the molecule is O=C(COC(=O)c1nc(-c2ccc(Br)cc2)n(-c2ccc(Br)cc2)n1)c1ccccc1. The second kappa shape index (κ2) is 9.36. The summed E-state index contributed by atoms with van der Waals surface area (Å²) in [5.74, 6) is -0.703. The highest BCUT2D eigenvalue weighted by Crippen LogP contribution is 2.24. The number of aromatic nitrogens is 3. The van der Waals surface area contributed by atoms with Crippen molar-refractivity contribution in [2.45, 2.75) is 0 Å². The number of nitrogens with zero attached hydrogens (tertiary/aromatic N) is 3. The standard InChI is InChI=1S/C23H15Br2N3O3/c24-17-8-6-16(7-9-17)22-26-21(27-28(22)19-12-10-18(25)11-13-19)23(30)31-14-20(29)15-4-2-1-3-5-15/h1-13H,14H2. The summed E-state index contributed by atoms with van der Waals surface area (Å²) in [6, 6.07) is 23.6. The lowest BCUT2D eigenvalue weighted by molar-refractivity contribution is 0.0462. The number of benzene rings is 3. The molecule has 0 N–H and O–H groups in total. The van der Waals surface area contributed by atoms with Crippen LogP contribution in [0.15, 0.2) is 87.8 Å². The van der Waals surface area contributed by atoms with E-state index in [0.717, 1.165) is 20.2 Å². The van der Waals surface area contributed by atoms with Crippen molar-refractivity contribution >= 4 is 43.6 Å². The van der Waals surface area contributed by atoms with Crippen LogP contribution >= 0.6 is 31.9 Å². The first-order chi connectivity index (χ1) is 15.0. The number of hydrogen-bond donors (Lipinski definition) is 0. The van der Waals surface area contributed by atoms with Crippen LogP contribution in [0.1, 0.15) is 21.0 Å². The average molecular weight is 541 g/mol. The Morgan fingerprint density at radius 2 is 1.45 bits per heavy atom. The maximum atomic E-state index is 12.6. The van der Waals surface area contributed by atoms with Crippen LogP contribution in [0, 0.1) is 0 Å². The Balaban J connectivity index is 1.62. The predicted octanol–water partition coefficient (Wildman–Crippen LogP) is 5.50. The smallest absolute Gasteiger partial charge is 0.378 e. The van der Waals surface area contributed by atoms with Crippen molar-refractivity contribution in [1.29, 1.82) is 0 Å². The second-order valence-corrected chi connectivity index (χ2v) is 8.35. The van der Waals surface area contributed by atoms with Crippen LogP contribution in [0.25, 0.3) is 17.1 Å². The number of carbonyl (C=O) groups excluding carboxylic acids is 2. The molecule has 6 nitrogen and oxygen atoms in total. The van der Waals surface area contributed by atoms with Gasteiger partial charge in [0.25, 0.3) is 5.82 Å². The van der Waals surface area contributed by atoms with E-state index in [1.54, 1.807) is 28.9 Å². The molecule has 0 unspecified atom stereocenters. The zero-order valence-corrected chi connectivity index (χ0v) is 19.2. The van der Waals surface area contributed by atoms with E-state index in [4.69, 9.17) is 4.74 Å². The van der Waals surface area contributed by atoms with Gasteiger partial charge in [-0.15, -0.1) is 5.10 Å². The number of halogens is 2. The molecular weight excluding hydrogens is 526 g/mol. The van der Waals surface area contributed by atoms with Crippen LogP contribution in [0.2, 0.25) is 0 Å². The summed E-state index contributed by atoms with van der Waals surface area (Å²) in [6.45, 7) is -0.386. The summed E-state index contributed by atoms with van der Waals surface area (Å²) < 4.78 is 8.59. The van der Waals surface area contributed by atoms with Gasteiger partial charge in [-0.1, -0.05) is 74.3 Å². The van der Waals surface area contributed by atoms with Crippen molar-refractivity contribution in [2.75, 3.05) is 6.61 Å². The topological polar surface area (TPSA) is 74.1 Å². The Bertz CT molecular complexity index is 1160. The van der Waals surface area contributed by atoms with E-state index in [-0.39, 0.29) is 18.2 Å². The molecule has 0 aliphatic rings. The second-order valence-electron chi connectivity index (χ2n) is 6.52. The van der Waals surface area contributed by atoms with Gasteiger partial charge in [0.1, 0.15) is 0 Å².